The first kappa shape index (κ1) is 6.28. The van der Waals surface area contributed by atoms with E-state index in [0.29, 0.717) is 10.0 Å². The van der Waals surface area contributed by atoms with Gasteiger partial charge in [0.2, 0.25) is 0 Å². The SMILES string of the molecule is CSc1nccn[n+]1[O-]. The number of rotatable bonds is 1. The lowest BCUT2D eigenvalue weighted by Gasteiger charge is -1.96. The van der Waals surface area contributed by atoms with Crippen molar-refractivity contribution in [3.05, 3.63) is 17.6 Å². The van der Waals surface area contributed by atoms with Crippen LogP contribution in [-0.2, 0) is 0 Å². The van der Waals surface area contributed by atoms with Crippen LogP contribution in [0.15, 0.2) is 17.6 Å². The second-order valence-corrected chi connectivity index (χ2v) is 2.08. The normalized spacial score (nSPS) is 9.44. The zero-order valence-corrected chi connectivity index (χ0v) is 5.63. The van der Waals surface area contributed by atoms with Gasteiger partial charge in [0, 0.05) is 0 Å². The standard InChI is InChI=1S/C4H5N3OS/c1-9-4-5-2-3-6-7(4)8/h2-3H,1H3. The molecule has 0 aliphatic carbocycles. The summed E-state index contributed by atoms with van der Waals surface area (Å²) >= 11 is 1.27. The van der Waals surface area contributed by atoms with Crippen LogP contribution >= 0.6 is 11.8 Å². The Balaban J connectivity index is 3.01. The molecule has 0 aliphatic rings. The fourth-order valence-corrected chi connectivity index (χ4v) is 0.787. The number of hydrogen-bond acceptors (Lipinski definition) is 4. The van der Waals surface area contributed by atoms with Crippen molar-refractivity contribution in [1.82, 2.24) is 10.1 Å². The van der Waals surface area contributed by atoms with Crippen molar-refractivity contribution < 1.29 is 4.85 Å². The molecule has 0 aromatic carbocycles. The first-order chi connectivity index (χ1) is 4.34. The smallest absolute Gasteiger partial charge is 0.383 e. The molecule has 1 heterocycles. The largest absolute Gasteiger partial charge is 0.690 e. The lowest BCUT2D eigenvalue weighted by Crippen LogP contribution is -2.34. The second-order valence-electron chi connectivity index (χ2n) is 1.30. The molecule has 1 rings (SSSR count). The van der Waals surface area contributed by atoms with Gasteiger partial charge >= 0.3 is 5.16 Å². The van der Waals surface area contributed by atoms with Crippen LogP contribution in [0.2, 0.25) is 0 Å². The highest BCUT2D eigenvalue weighted by Crippen LogP contribution is 2.00. The topological polar surface area (TPSA) is 52.7 Å². The summed E-state index contributed by atoms with van der Waals surface area (Å²) in [5.41, 5.74) is 0. The van der Waals surface area contributed by atoms with E-state index in [-0.39, 0.29) is 0 Å². The molecule has 0 saturated heterocycles. The van der Waals surface area contributed by atoms with Crippen LogP contribution in [0.1, 0.15) is 0 Å². The fraction of sp³-hybridized carbons (Fsp3) is 0.250. The van der Waals surface area contributed by atoms with Crippen LogP contribution in [-0.4, -0.2) is 16.3 Å². The highest BCUT2D eigenvalue weighted by atomic mass is 32.2. The average Bonchev–Trinajstić information content (AvgIpc) is 1.89. The maximum Gasteiger partial charge on any atom is 0.383 e. The van der Waals surface area contributed by atoms with E-state index in [2.05, 4.69) is 10.1 Å². The molecular formula is C4H5N3OS. The Morgan fingerprint density at radius 1 is 1.67 bits per heavy atom. The quantitative estimate of drug-likeness (QED) is 0.311. The Kier molecular flexibility index (Phi) is 1.84. The van der Waals surface area contributed by atoms with Crippen molar-refractivity contribution in [2.75, 3.05) is 6.26 Å². The van der Waals surface area contributed by atoms with Crippen molar-refractivity contribution >= 4 is 11.8 Å². The minimum absolute atomic E-state index is 0.373. The summed E-state index contributed by atoms with van der Waals surface area (Å²) in [5.74, 6) is 0. The minimum atomic E-state index is 0.373. The van der Waals surface area contributed by atoms with E-state index in [4.69, 9.17) is 0 Å². The molecule has 0 radical (unpaired) electrons. The molecule has 0 spiro atoms. The van der Waals surface area contributed by atoms with E-state index in [0.717, 1.165) is 0 Å². The van der Waals surface area contributed by atoms with Gasteiger partial charge in [0.25, 0.3) is 0 Å². The van der Waals surface area contributed by atoms with Gasteiger partial charge in [-0.25, -0.2) is 0 Å². The predicted molar refractivity (Wildman–Crippen MR) is 32.8 cm³/mol. The first-order valence-electron chi connectivity index (χ1n) is 2.29. The number of hydrogen-bond donors (Lipinski definition) is 0. The molecule has 0 atom stereocenters. The van der Waals surface area contributed by atoms with Gasteiger partial charge in [0.1, 0.15) is 6.20 Å². The van der Waals surface area contributed by atoms with Crippen molar-refractivity contribution in [2.45, 2.75) is 5.16 Å². The minimum Gasteiger partial charge on any atom is -0.690 e. The molecule has 48 valence electrons. The highest BCUT2D eigenvalue weighted by molar-refractivity contribution is 7.98. The Labute approximate surface area is 56.5 Å². The van der Waals surface area contributed by atoms with Crippen LogP contribution in [0.3, 0.4) is 0 Å². The van der Waals surface area contributed by atoms with Crippen LogP contribution in [0.5, 0.6) is 0 Å². The molecule has 4 nitrogen and oxygen atoms in total. The molecular weight excluding hydrogens is 138 g/mol. The zero-order valence-electron chi connectivity index (χ0n) is 4.81. The van der Waals surface area contributed by atoms with Crippen LogP contribution in [0.4, 0.5) is 0 Å². The van der Waals surface area contributed by atoms with Gasteiger partial charge in [-0.05, 0) is 23.0 Å². The van der Waals surface area contributed by atoms with Crippen LogP contribution < -0.4 is 4.85 Å². The summed E-state index contributed by atoms with van der Waals surface area (Å²) in [7, 11) is 0. The molecule has 0 bridgehead atoms. The van der Waals surface area contributed by atoms with E-state index in [1.807, 2.05) is 0 Å². The Hall–Kier alpha value is -0.840. The zero-order chi connectivity index (χ0) is 6.69. The van der Waals surface area contributed by atoms with Gasteiger partial charge in [0.15, 0.2) is 6.20 Å². The third-order valence-electron chi connectivity index (χ3n) is 0.769. The van der Waals surface area contributed by atoms with Gasteiger partial charge in [-0.3, -0.25) is 0 Å². The van der Waals surface area contributed by atoms with Crippen molar-refractivity contribution in [2.24, 2.45) is 0 Å². The van der Waals surface area contributed by atoms with Gasteiger partial charge in [-0.2, -0.15) is 0 Å². The molecule has 0 N–H and O–H groups in total. The first-order valence-corrected chi connectivity index (χ1v) is 3.52. The van der Waals surface area contributed by atoms with E-state index in [1.54, 1.807) is 6.26 Å². The van der Waals surface area contributed by atoms with E-state index < -0.39 is 0 Å². The third-order valence-corrected chi connectivity index (χ3v) is 1.40. The Morgan fingerprint density at radius 2 is 2.44 bits per heavy atom. The molecule has 5 heteroatoms. The lowest BCUT2D eigenvalue weighted by molar-refractivity contribution is -0.711. The number of nitrogens with zero attached hydrogens (tertiary/aromatic N) is 3. The van der Waals surface area contributed by atoms with E-state index in [9.17, 15) is 5.21 Å². The van der Waals surface area contributed by atoms with Crippen LogP contribution in [0, 0.1) is 5.21 Å². The molecule has 0 unspecified atom stereocenters. The maximum atomic E-state index is 10.6. The molecule has 0 aliphatic heterocycles. The molecule has 1 aromatic rings. The highest BCUT2D eigenvalue weighted by Gasteiger charge is 2.01. The van der Waals surface area contributed by atoms with Gasteiger partial charge < -0.3 is 5.21 Å². The van der Waals surface area contributed by atoms with Gasteiger partial charge in [-0.15, -0.1) is 4.85 Å². The average molecular weight is 143 g/mol. The summed E-state index contributed by atoms with van der Waals surface area (Å²) in [6.07, 6.45) is 4.62. The second kappa shape index (κ2) is 2.63. The lowest BCUT2D eigenvalue weighted by atomic mass is 10.9. The summed E-state index contributed by atoms with van der Waals surface area (Å²) in [6, 6.07) is 0. The summed E-state index contributed by atoms with van der Waals surface area (Å²) in [5, 5.41) is 14.4. The molecule has 9 heavy (non-hydrogen) atoms. The number of thioether (sulfide) groups is 1. The van der Waals surface area contributed by atoms with E-state index in [1.165, 1.54) is 24.2 Å². The fourth-order valence-electron chi connectivity index (χ4n) is 0.417. The molecule has 0 fully saturated rings. The van der Waals surface area contributed by atoms with Gasteiger partial charge in [-0.1, -0.05) is 5.10 Å². The maximum absolute atomic E-state index is 10.6. The molecule has 1 aromatic heterocycles. The van der Waals surface area contributed by atoms with Crippen molar-refractivity contribution in [3.8, 4) is 0 Å². The predicted octanol–water partition coefficient (Wildman–Crippen LogP) is -0.168. The Bertz CT molecular complexity index is 205. The summed E-state index contributed by atoms with van der Waals surface area (Å²) < 4.78 is 0. The summed E-state index contributed by atoms with van der Waals surface area (Å²) in [4.78, 5) is 4.24. The third kappa shape index (κ3) is 1.29. The van der Waals surface area contributed by atoms with E-state index >= 15 is 0 Å². The summed E-state index contributed by atoms with van der Waals surface area (Å²) in [6.45, 7) is 0. The number of aromatic nitrogens is 3. The Morgan fingerprint density at radius 3 is 2.89 bits per heavy atom. The molecule has 0 amide bonds. The van der Waals surface area contributed by atoms with Crippen molar-refractivity contribution in [1.29, 1.82) is 0 Å². The van der Waals surface area contributed by atoms with Crippen molar-refractivity contribution in [3.63, 3.8) is 0 Å². The van der Waals surface area contributed by atoms with Gasteiger partial charge in [0.05, 0.1) is 0 Å². The molecule has 0 saturated carbocycles. The monoisotopic (exact) mass is 143 g/mol. The van der Waals surface area contributed by atoms with Crippen LogP contribution in [0.25, 0.3) is 0 Å².